The number of rotatable bonds is 4. The van der Waals surface area contributed by atoms with E-state index in [2.05, 4.69) is 5.32 Å². The van der Waals surface area contributed by atoms with Crippen molar-refractivity contribution in [3.63, 3.8) is 0 Å². The van der Waals surface area contributed by atoms with Crippen molar-refractivity contribution < 1.29 is 13.0 Å². The maximum absolute atomic E-state index is 12.3. The van der Waals surface area contributed by atoms with Crippen LogP contribution >= 0.6 is 11.8 Å². The van der Waals surface area contributed by atoms with Crippen molar-refractivity contribution in [2.24, 2.45) is 0 Å². The van der Waals surface area contributed by atoms with Gasteiger partial charge in [-0.05, 0) is 19.2 Å². The van der Waals surface area contributed by atoms with Gasteiger partial charge in [-0.2, -0.15) is 0 Å². The molecule has 0 aliphatic carbocycles. The minimum absolute atomic E-state index is 0.0400. The first-order valence-electron chi connectivity index (χ1n) is 3.65. The lowest BCUT2D eigenvalue weighted by atomic mass is 10.5. The van der Waals surface area contributed by atoms with Crippen molar-refractivity contribution in [2.45, 2.75) is 19.0 Å². The molecule has 6 heteroatoms. The van der Waals surface area contributed by atoms with Gasteiger partial charge in [0.25, 0.3) is 5.24 Å². The van der Waals surface area contributed by atoms with Crippen LogP contribution in [0.3, 0.4) is 0 Å². The molecule has 0 atom stereocenters. The molecule has 0 aliphatic heterocycles. The van der Waals surface area contributed by atoms with E-state index in [1.165, 1.54) is 0 Å². The van der Waals surface area contributed by atoms with Gasteiger partial charge in [0.2, 0.25) is 0 Å². The van der Waals surface area contributed by atoms with E-state index in [-0.39, 0.29) is 11.3 Å². The van der Waals surface area contributed by atoms with E-state index in [1.807, 2.05) is 0 Å². The van der Waals surface area contributed by atoms with Gasteiger partial charge in [0.1, 0.15) is 0 Å². The molecular formula is C6H13F2NOSSi. The summed E-state index contributed by atoms with van der Waals surface area (Å²) in [5, 5.41) is 2.36. The topological polar surface area (TPSA) is 29.1 Å². The van der Waals surface area contributed by atoms with Gasteiger partial charge >= 0.3 is 8.74 Å². The van der Waals surface area contributed by atoms with Crippen molar-refractivity contribution in [3.05, 3.63) is 0 Å². The summed E-state index contributed by atoms with van der Waals surface area (Å²) in [6.07, 6.45) is 2.03. The predicted octanol–water partition coefficient (Wildman–Crippen LogP) is 2.46. The summed E-state index contributed by atoms with van der Waals surface area (Å²) in [6.45, 7) is 1.37. The number of carbonyl (C=O) groups is 1. The molecule has 2 nitrogen and oxygen atoms in total. The smallest absolute Gasteiger partial charge is 0.347 e. The lowest BCUT2D eigenvalue weighted by Gasteiger charge is -2.06. The van der Waals surface area contributed by atoms with Gasteiger partial charge in [-0.25, -0.2) is 0 Å². The van der Waals surface area contributed by atoms with E-state index in [0.29, 0.717) is 13.0 Å². The molecule has 0 fully saturated rings. The van der Waals surface area contributed by atoms with Crippen molar-refractivity contribution in [1.29, 1.82) is 0 Å². The van der Waals surface area contributed by atoms with Crippen LogP contribution in [-0.2, 0) is 0 Å². The molecule has 0 radical (unpaired) electrons. The van der Waals surface area contributed by atoms with Crippen LogP contribution in [0.15, 0.2) is 0 Å². The minimum Gasteiger partial charge on any atom is -0.347 e. The Labute approximate surface area is 76.5 Å². The largest absolute Gasteiger partial charge is 0.422 e. The molecule has 12 heavy (non-hydrogen) atoms. The third-order valence-corrected chi connectivity index (χ3v) is 2.99. The maximum Gasteiger partial charge on any atom is 0.422 e. The number of thioether (sulfide) groups is 1. The Morgan fingerprint density at radius 2 is 2.17 bits per heavy atom. The van der Waals surface area contributed by atoms with E-state index >= 15 is 0 Å². The van der Waals surface area contributed by atoms with Gasteiger partial charge in [-0.3, -0.25) is 13.0 Å². The molecule has 0 saturated carbocycles. The number of hydrogen-bond acceptors (Lipinski definition) is 2. The fraction of sp³-hybridized carbons (Fsp3) is 0.833. The van der Waals surface area contributed by atoms with Gasteiger partial charge in [0.15, 0.2) is 0 Å². The van der Waals surface area contributed by atoms with Gasteiger partial charge in [0, 0.05) is 12.6 Å². The van der Waals surface area contributed by atoms with Gasteiger partial charge in [-0.15, -0.1) is 0 Å². The summed E-state index contributed by atoms with van der Waals surface area (Å²) < 4.78 is 24.7. The monoisotopic (exact) mass is 213 g/mol. The highest BCUT2D eigenvalue weighted by Gasteiger charge is 2.26. The third kappa shape index (κ3) is 8.00. The molecule has 0 spiro atoms. The van der Waals surface area contributed by atoms with Crippen LogP contribution in [0.5, 0.6) is 0 Å². The first kappa shape index (κ1) is 11.9. The second-order valence-electron chi connectivity index (χ2n) is 2.59. The van der Waals surface area contributed by atoms with Crippen LogP contribution in [0.1, 0.15) is 6.42 Å². The van der Waals surface area contributed by atoms with Crippen LogP contribution in [0.2, 0.25) is 12.6 Å². The highest BCUT2D eigenvalue weighted by molar-refractivity contribution is 8.12. The lowest BCUT2D eigenvalue weighted by Crippen LogP contribution is -2.23. The summed E-state index contributed by atoms with van der Waals surface area (Å²) in [4.78, 5) is 10.6. The van der Waals surface area contributed by atoms with Crippen LogP contribution in [0, 0.1) is 0 Å². The van der Waals surface area contributed by atoms with Crippen molar-refractivity contribution in [3.8, 4) is 0 Å². The maximum atomic E-state index is 12.3. The zero-order valence-electron chi connectivity index (χ0n) is 7.19. The van der Waals surface area contributed by atoms with E-state index in [0.717, 1.165) is 18.3 Å². The van der Waals surface area contributed by atoms with Crippen LogP contribution < -0.4 is 5.32 Å². The Bertz CT molecular complexity index is 151. The molecule has 0 unspecified atom stereocenters. The molecule has 0 aromatic carbocycles. The van der Waals surface area contributed by atoms with Crippen LogP contribution in [-0.4, -0.2) is 26.8 Å². The number of nitrogens with one attached hydrogen (secondary N) is 1. The summed E-state index contributed by atoms with van der Waals surface area (Å²) in [5.41, 5.74) is 0. The van der Waals surface area contributed by atoms with Crippen molar-refractivity contribution >= 4 is 25.7 Å². The highest BCUT2D eigenvalue weighted by atomic mass is 32.2. The molecular weight excluding hydrogens is 200 g/mol. The molecule has 72 valence electrons. The Kier molecular flexibility index (Phi) is 5.48. The number of halogens is 2. The van der Waals surface area contributed by atoms with Gasteiger partial charge in [-0.1, -0.05) is 11.8 Å². The zero-order valence-corrected chi connectivity index (χ0v) is 9.01. The summed E-state index contributed by atoms with van der Waals surface area (Å²) in [5.74, 6) is 0. The fourth-order valence-electron chi connectivity index (χ4n) is 0.661. The van der Waals surface area contributed by atoms with E-state index in [4.69, 9.17) is 0 Å². The molecule has 0 saturated heterocycles. The van der Waals surface area contributed by atoms with E-state index in [1.54, 1.807) is 6.26 Å². The highest BCUT2D eigenvalue weighted by Crippen LogP contribution is 2.14. The molecule has 0 bridgehead atoms. The summed E-state index contributed by atoms with van der Waals surface area (Å²) >= 11 is 1.06. The SMILES string of the molecule is CSC(=O)NCCC[Si](C)(F)F. The summed E-state index contributed by atoms with van der Waals surface area (Å²) in [6, 6.07) is -0.0400. The Morgan fingerprint density at radius 1 is 1.58 bits per heavy atom. The molecule has 0 heterocycles. The Balaban J connectivity index is 3.28. The summed E-state index contributed by atoms with van der Waals surface area (Å²) in [7, 11) is -3.90. The number of carbonyl (C=O) groups excluding carboxylic acids is 1. The predicted molar refractivity (Wildman–Crippen MR) is 50.2 cm³/mol. The molecule has 0 aromatic heterocycles. The van der Waals surface area contributed by atoms with Crippen molar-refractivity contribution in [1.82, 2.24) is 5.32 Å². The normalized spacial score (nSPS) is 11.3. The van der Waals surface area contributed by atoms with E-state index in [9.17, 15) is 13.0 Å². The molecule has 1 amide bonds. The Hall–Kier alpha value is -0.103. The molecule has 1 N–H and O–H groups in total. The van der Waals surface area contributed by atoms with Crippen LogP contribution in [0.25, 0.3) is 0 Å². The average Bonchev–Trinajstić information content (AvgIpc) is 1.96. The standard InChI is InChI=1S/C6H13F2NOSSi/c1-11-6(10)9-4-3-5-12(2,7)8/h3-5H2,1-2H3,(H,9,10). The number of hydrogen-bond donors (Lipinski definition) is 1. The first-order valence-corrected chi connectivity index (χ1v) is 7.34. The van der Waals surface area contributed by atoms with E-state index < -0.39 is 8.74 Å². The lowest BCUT2D eigenvalue weighted by molar-refractivity contribution is 0.260. The third-order valence-electron chi connectivity index (χ3n) is 1.25. The van der Waals surface area contributed by atoms with Crippen molar-refractivity contribution in [2.75, 3.05) is 12.8 Å². The second-order valence-corrected chi connectivity index (χ2v) is 6.01. The molecule has 0 rings (SSSR count). The Morgan fingerprint density at radius 3 is 2.58 bits per heavy atom. The quantitative estimate of drug-likeness (QED) is 0.441. The fourth-order valence-corrected chi connectivity index (χ4v) is 1.71. The zero-order chi connectivity index (χ0) is 9.61. The van der Waals surface area contributed by atoms with Gasteiger partial charge in [0.05, 0.1) is 0 Å². The van der Waals surface area contributed by atoms with Gasteiger partial charge < -0.3 is 5.32 Å². The molecule has 0 aromatic rings. The number of amides is 1. The first-order chi connectivity index (χ1) is 5.45. The average molecular weight is 213 g/mol. The second kappa shape index (κ2) is 5.53. The molecule has 0 aliphatic rings. The minimum atomic E-state index is -3.90. The van der Waals surface area contributed by atoms with Crippen LogP contribution in [0.4, 0.5) is 13.0 Å².